The molecule has 0 saturated carbocycles. The molecule has 0 spiro atoms. The summed E-state index contributed by atoms with van der Waals surface area (Å²) in [4.78, 5) is 25.1. The maximum absolute atomic E-state index is 15.0. The quantitative estimate of drug-likeness (QED) is 0.854. The zero-order valence-electron chi connectivity index (χ0n) is 15.0. The molecule has 1 aromatic heterocycles. The van der Waals surface area contributed by atoms with E-state index in [-0.39, 0.29) is 17.8 Å². The number of benzene rings is 1. The van der Waals surface area contributed by atoms with E-state index >= 15 is 4.39 Å². The average Bonchev–Trinajstić information content (AvgIpc) is 3.19. The molecular formula is C18H19FN4O4. The highest BCUT2D eigenvalue weighted by molar-refractivity contribution is 5.96. The lowest BCUT2D eigenvalue weighted by Gasteiger charge is -2.16. The lowest BCUT2D eigenvalue weighted by atomic mass is 10.0. The van der Waals surface area contributed by atoms with E-state index < -0.39 is 23.9 Å². The fourth-order valence-corrected chi connectivity index (χ4v) is 3.47. The number of hydrogen-bond donors (Lipinski definition) is 2. The number of ether oxygens (including phenoxy) is 2. The summed E-state index contributed by atoms with van der Waals surface area (Å²) >= 11 is 0. The molecule has 0 aliphatic carbocycles. The minimum atomic E-state index is -0.935. The van der Waals surface area contributed by atoms with Crippen molar-refractivity contribution in [3.63, 3.8) is 0 Å². The zero-order valence-corrected chi connectivity index (χ0v) is 15.0. The predicted octanol–water partition coefficient (Wildman–Crippen LogP) is 1.78. The van der Waals surface area contributed by atoms with Gasteiger partial charge in [-0.05, 0) is 12.5 Å². The number of nitrogens with zero attached hydrogens (tertiary/aromatic N) is 2. The van der Waals surface area contributed by atoms with Crippen molar-refractivity contribution in [2.75, 3.05) is 25.1 Å². The van der Waals surface area contributed by atoms with Crippen LogP contribution in [0.4, 0.5) is 14.9 Å². The van der Waals surface area contributed by atoms with Crippen LogP contribution in [0.5, 0.6) is 5.75 Å². The van der Waals surface area contributed by atoms with Gasteiger partial charge in [-0.1, -0.05) is 6.92 Å². The molecule has 3 heterocycles. The molecule has 1 aromatic carbocycles. The Kier molecular flexibility index (Phi) is 4.21. The molecular weight excluding hydrogens is 355 g/mol. The highest BCUT2D eigenvalue weighted by atomic mass is 19.1. The van der Waals surface area contributed by atoms with Crippen LogP contribution >= 0.6 is 0 Å². The zero-order chi connectivity index (χ0) is 19.1. The fourth-order valence-electron chi connectivity index (χ4n) is 3.47. The van der Waals surface area contributed by atoms with Crippen molar-refractivity contribution in [2.24, 2.45) is 0 Å². The number of aryl methyl sites for hydroxylation is 1. The van der Waals surface area contributed by atoms with Crippen molar-refractivity contribution in [3.8, 4) is 17.0 Å². The maximum Gasteiger partial charge on any atom is 0.415 e. The monoisotopic (exact) mass is 374 g/mol. The highest BCUT2D eigenvalue weighted by Crippen LogP contribution is 2.40. The van der Waals surface area contributed by atoms with Crippen molar-refractivity contribution in [1.82, 2.24) is 15.5 Å². The van der Waals surface area contributed by atoms with E-state index in [1.807, 2.05) is 6.92 Å². The number of nitrogens with one attached hydrogen (secondary N) is 2. The first-order valence-corrected chi connectivity index (χ1v) is 8.76. The van der Waals surface area contributed by atoms with Crippen LogP contribution in [0.2, 0.25) is 0 Å². The Morgan fingerprint density at radius 2 is 2.30 bits per heavy atom. The number of aromatic amines is 1. The number of halogens is 1. The van der Waals surface area contributed by atoms with Gasteiger partial charge in [0.1, 0.15) is 17.3 Å². The summed E-state index contributed by atoms with van der Waals surface area (Å²) in [6.07, 6.45) is -0.262. The molecule has 1 saturated heterocycles. The van der Waals surface area contributed by atoms with E-state index in [9.17, 15) is 9.59 Å². The van der Waals surface area contributed by atoms with Gasteiger partial charge < -0.3 is 14.8 Å². The molecule has 142 valence electrons. The third-order valence-corrected chi connectivity index (χ3v) is 4.85. The SMILES string of the molecule is CCc1[nH]nc2c1CCOc1cc(N3C[C@H](C(=O)NC)OC3=O)cc(F)c1-2. The van der Waals surface area contributed by atoms with Gasteiger partial charge in [-0.25, -0.2) is 9.18 Å². The lowest BCUT2D eigenvalue weighted by Crippen LogP contribution is -2.35. The summed E-state index contributed by atoms with van der Waals surface area (Å²) in [5, 5.41) is 9.67. The molecule has 1 atom stereocenters. The highest BCUT2D eigenvalue weighted by Gasteiger charge is 2.37. The van der Waals surface area contributed by atoms with Crippen molar-refractivity contribution in [3.05, 3.63) is 29.2 Å². The standard InChI is InChI=1S/C18H19FN4O4/c1-3-12-10-4-5-26-13-7-9(6-11(19)15(13)16(10)22-21-12)23-8-14(17(24)20-2)27-18(23)25/h6-7,14H,3-5,8H2,1-2H3,(H,20,24)(H,21,22)/t14-/m1/s1. The Morgan fingerprint density at radius 3 is 3.04 bits per heavy atom. The number of rotatable bonds is 3. The third kappa shape index (κ3) is 2.79. The first-order valence-electron chi connectivity index (χ1n) is 8.76. The Labute approximate surface area is 154 Å². The summed E-state index contributed by atoms with van der Waals surface area (Å²) < 4.78 is 25.8. The van der Waals surface area contributed by atoms with Crippen LogP contribution in [-0.4, -0.2) is 48.5 Å². The number of amides is 2. The van der Waals surface area contributed by atoms with Crippen molar-refractivity contribution >= 4 is 17.7 Å². The van der Waals surface area contributed by atoms with Crippen LogP contribution in [0.3, 0.4) is 0 Å². The average molecular weight is 374 g/mol. The Bertz CT molecular complexity index is 926. The first-order chi connectivity index (χ1) is 13.0. The number of fused-ring (bicyclic) bond motifs is 3. The molecule has 0 radical (unpaired) electrons. The summed E-state index contributed by atoms with van der Waals surface area (Å²) in [6, 6.07) is 2.83. The minimum Gasteiger partial charge on any atom is -0.492 e. The number of cyclic esters (lactones) is 1. The molecule has 2 amide bonds. The summed E-state index contributed by atoms with van der Waals surface area (Å²) in [7, 11) is 1.46. The topological polar surface area (TPSA) is 96.6 Å². The number of carbonyl (C=O) groups excluding carboxylic acids is 2. The molecule has 8 nitrogen and oxygen atoms in total. The van der Waals surface area contributed by atoms with Gasteiger partial charge in [-0.15, -0.1) is 0 Å². The summed E-state index contributed by atoms with van der Waals surface area (Å²) in [5.74, 6) is -0.643. The van der Waals surface area contributed by atoms with Crippen LogP contribution in [0, 0.1) is 5.82 Å². The molecule has 2 aliphatic rings. The largest absolute Gasteiger partial charge is 0.492 e. The van der Waals surface area contributed by atoms with Crippen LogP contribution in [-0.2, 0) is 22.4 Å². The number of likely N-dealkylation sites (N-methyl/N-ethyl adjacent to an activating group) is 1. The molecule has 2 N–H and O–H groups in total. The van der Waals surface area contributed by atoms with Gasteiger partial charge >= 0.3 is 6.09 Å². The van der Waals surface area contributed by atoms with E-state index in [0.29, 0.717) is 24.5 Å². The maximum atomic E-state index is 15.0. The Morgan fingerprint density at radius 1 is 1.48 bits per heavy atom. The third-order valence-electron chi connectivity index (χ3n) is 4.85. The van der Waals surface area contributed by atoms with Gasteiger partial charge in [0.05, 0.1) is 24.4 Å². The smallest absolute Gasteiger partial charge is 0.415 e. The van der Waals surface area contributed by atoms with Crippen LogP contribution < -0.4 is 15.0 Å². The van der Waals surface area contributed by atoms with E-state index in [4.69, 9.17) is 9.47 Å². The normalized spacial score (nSPS) is 18.3. The van der Waals surface area contributed by atoms with Gasteiger partial charge in [0.15, 0.2) is 6.10 Å². The van der Waals surface area contributed by atoms with Gasteiger partial charge in [0.25, 0.3) is 5.91 Å². The summed E-state index contributed by atoms with van der Waals surface area (Å²) in [5.41, 5.74) is 3.00. The molecule has 9 heteroatoms. The van der Waals surface area contributed by atoms with Crippen molar-refractivity contribution in [2.45, 2.75) is 25.9 Å². The van der Waals surface area contributed by atoms with Crippen LogP contribution in [0.1, 0.15) is 18.2 Å². The number of anilines is 1. The second-order valence-corrected chi connectivity index (χ2v) is 6.38. The fraction of sp³-hybridized carbons (Fsp3) is 0.389. The van der Waals surface area contributed by atoms with E-state index in [1.54, 1.807) is 6.07 Å². The molecule has 1 fully saturated rings. The molecule has 2 aliphatic heterocycles. The molecule has 4 rings (SSSR count). The van der Waals surface area contributed by atoms with Gasteiger partial charge in [-0.2, -0.15) is 5.10 Å². The van der Waals surface area contributed by atoms with E-state index in [2.05, 4.69) is 15.5 Å². The predicted molar refractivity (Wildman–Crippen MR) is 94.2 cm³/mol. The van der Waals surface area contributed by atoms with Gasteiger partial charge in [-0.3, -0.25) is 14.8 Å². The van der Waals surface area contributed by atoms with Gasteiger partial charge in [0, 0.05) is 30.8 Å². The second-order valence-electron chi connectivity index (χ2n) is 6.38. The van der Waals surface area contributed by atoms with E-state index in [1.165, 1.54) is 18.0 Å². The van der Waals surface area contributed by atoms with E-state index in [0.717, 1.165) is 17.7 Å². The van der Waals surface area contributed by atoms with Crippen molar-refractivity contribution < 1.29 is 23.5 Å². The Balaban J connectivity index is 1.73. The summed E-state index contributed by atoms with van der Waals surface area (Å²) in [6.45, 7) is 2.38. The van der Waals surface area contributed by atoms with Crippen LogP contribution in [0.15, 0.2) is 12.1 Å². The number of H-pyrrole nitrogens is 1. The number of carbonyl (C=O) groups is 2. The number of aromatic nitrogens is 2. The lowest BCUT2D eigenvalue weighted by molar-refractivity contribution is -0.127. The minimum absolute atomic E-state index is 0.00434. The molecule has 27 heavy (non-hydrogen) atoms. The van der Waals surface area contributed by atoms with Gasteiger partial charge in [0.2, 0.25) is 0 Å². The molecule has 0 unspecified atom stereocenters. The second kappa shape index (κ2) is 6.57. The first kappa shape index (κ1) is 17.3. The Hall–Kier alpha value is -3.10. The van der Waals surface area contributed by atoms with Crippen molar-refractivity contribution in [1.29, 1.82) is 0 Å². The van der Waals surface area contributed by atoms with Crippen LogP contribution in [0.25, 0.3) is 11.3 Å². The molecule has 2 aromatic rings. The number of hydrogen-bond acceptors (Lipinski definition) is 5. The molecule has 0 bridgehead atoms.